The summed E-state index contributed by atoms with van der Waals surface area (Å²) in [7, 11) is -9.91. The normalized spacial score (nSPS) is 11.1. The van der Waals surface area contributed by atoms with Crippen molar-refractivity contribution in [1.29, 1.82) is 0 Å². The summed E-state index contributed by atoms with van der Waals surface area (Å²) in [6, 6.07) is 19.6. The number of aliphatic hydroxyl groups excluding tert-OH is 4. The van der Waals surface area contributed by atoms with Crippen LogP contribution in [0.2, 0.25) is 0 Å². The maximum absolute atomic E-state index is 12.7. The molecule has 6 aromatic rings. The fraction of sp³-hybridized carbons (Fsp3) is 0.200. The van der Waals surface area contributed by atoms with Crippen LogP contribution in [0.5, 0.6) is 0 Å². The smallest absolute Gasteiger partial charge is 0.744 e. The molecule has 0 amide bonds. The third kappa shape index (κ3) is 21.6. The van der Waals surface area contributed by atoms with Crippen molar-refractivity contribution in [1.82, 2.24) is 29.9 Å². The Balaban J connectivity index is 0.00000494. The third-order valence-electron chi connectivity index (χ3n) is 9.36. The number of hydrogen-bond donors (Lipinski definition) is 8. The van der Waals surface area contributed by atoms with E-state index in [1.807, 2.05) is 0 Å². The van der Waals surface area contributed by atoms with Gasteiger partial charge in [0.25, 0.3) is 0 Å². The number of hydrogen-bond acceptors (Lipinski definition) is 30. The molecule has 0 radical (unpaired) electrons. The number of aliphatic hydroxyl groups is 4. The van der Waals surface area contributed by atoms with Gasteiger partial charge >= 0.3 is 118 Å². The van der Waals surface area contributed by atoms with Crippen LogP contribution < -0.4 is 160 Å². The molecule has 36 heteroatoms. The summed E-state index contributed by atoms with van der Waals surface area (Å²) in [6.07, 6.45) is 2.74. The van der Waals surface area contributed by atoms with Gasteiger partial charge in [0.2, 0.25) is 35.7 Å². The second kappa shape index (κ2) is 34.6. The molecule has 0 bridgehead atoms. The van der Waals surface area contributed by atoms with Gasteiger partial charge in [-0.15, -0.1) is 0 Å². The quantitative estimate of drug-likeness (QED) is 0.00565. The Morgan fingerprint density at radius 2 is 0.882 bits per heavy atom. The molecule has 0 unspecified atom stereocenters. The maximum atomic E-state index is 12.7. The maximum Gasteiger partial charge on any atom is 1.00 e. The number of nitrogens with zero attached hydrogens (tertiary/aromatic N) is 8. The summed E-state index contributed by atoms with van der Waals surface area (Å²) in [4.78, 5) is 28.8. The van der Waals surface area contributed by atoms with Gasteiger partial charge in [-0.3, -0.25) is 10.1 Å². The van der Waals surface area contributed by atoms with Crippen LogP contribution >= 0.6 is 24.1 Å². The van der Waals surface area contributed by atoms with E-state index >= 15 is 0 Å². The van der Waals surface area contributed by atoms with Gasteiger partial charge < -0.3 is 71.1 Å². The molecule has 0 aliphatic carbocycles. The van der Waals surface area contributed by atoms with E-state index in [-0.39, 0.29) is 228 Å². The fourth-order valence-electron chi connectivity index (χ4n) is 6.23. The predicted molar refractivity (Wildman–Crippen MR) is 252 cm³/mol. The standard InChI is InChI=1S/C40H44N12O16S4.4Na/c53-19-15-51(16-20-54)39-47-35(41-27-7-11-31(12-8-27)69-67-65-57)45-37(49-39)43-29-5-3-25(33(23-29)70-68-66-58)1-2-26-4-6-30(24-34(26)72(62,63)64)44-38-46-36(48-40(50-38)52(17-21-55)18-22-56)42-28-9-13-32(14-10-28)71(59,60)61;;;;/h1-14,23-24,53-58H,15-22H2,(H,59,60,61)(H,62,63,64)(H2,41,43,45,47,49)(H2,42,44,46,48,50);;;;/q;4*+1/p-4/b2-1+;;;;. The molecule has 2 aromatic heterocycles. The van der Waals surface area contributed by atoms with Crippen LogP contribution in [0.3, 0.4) is 0 Å². The van der Waals surface area contributed by atoms with E-state index in [1.165, 1.54) is 52.3 Å². The van der Waals surface area contributed by atoms with Crippen LogP contribution in [0.15, 0.2) is 105 Å². The van der Waals surface area contributed by atoms with Crippen LogP contribution in [0.4, 0.5) is 58.4 Å². The first kappa shape index (κ1) is 69.7. The Hall–Kier alpha value is -2.44. The van der Waals surface area contributed by atoms with Gasteiger partial charge in [-0.1, -0.05) is 24.3 Å². The van der Waals surface area contributed by atoms with Crippen molar-refractivity contribution in [2.45, 2.75) is 19.6 Å². The number of rotatable bonds is 28. The molecular formula is C40H40N12Na4O16S4. The molecule has 0 spiro atoms. The monoisotopic (exact) mass is 1160 g/mol. The van der Waals surface area contributed by atoms with Crippen LogP contribution in [0.25, 0.3) is 12.2 Å². The molecule has 0 saturated heterocycles. The molecular weight excluding hydrogens is 1120 g/mol. The molecule has 0 atom stereocenters. The van der Waals surface area contributed by atoms with Crippen LogP contribution in [0.1, 0.15) is 11.1 Å². The Morgan fingerprint density at radius 3 is 1.30 bits per heavy atom. The van der Waals surface area contributed by atoms with E-state index in [0.29, 0.717) is 45.9 Å². The van der Waals surface area contributed by atoms with E-state index in [0.717, 1.165) is 18.2 Å². The first-order valence-corrected chi connectivity index (χ1v) is 24.8. The van der Waals surface area contributed by atoms with E-state index in [9.17, 15) is 56.9 Å². The Morgan fingerprint density at radius 1 is 0.500 bits per heavy atom. The van der Waals surface area contributed by atoms with Crippen molar-refractivity contribution in [2.24, 2.45) is 0 Å². The topological polar surface area (TPSA) is 410 Å². The van der Waals surface area contributed by atoms with Crippen molar-refractivity contribution in [3.05, 3.63) is 96.1 Å². The van der Waals surface area contributed by atoms with E-state index in [2.05, 4.69) is 69.9 Å². The minimum Gasteiger partial charge on any atom is -0.744 e. The van der Waals surface area contributed by atoms with Crippen LogP contribution in [-0.4, -0.2) is 129 Å². The summed E-state index contributed by atoms with van der Waals surface area (Å²) in [5.41, 5.74) is 1.37. The zero-order valence-electron chi connectivity index (χ0n) is 40.8. The number of nitrogens with one attached hydrogen (secondary N) is 4. The largest absolute Gasteiger partial charge is 1.00 e. The zero-order chi connectivity index (χ0) is 51.7. The van der Waals surface area contributed by atoms with Gasteiger partial charge in [-0.25, -0.2) is 16.8 Å². The van der Waals surface area contributed by atoms with Gasteiger partial charge in [0, 0.05) is 58.7 Å². The van der Waals surface area contributed by atoms with Gasteiger partial charge in [0.15, 0.2) is 0 Å². The van der Waals surface area contributed by atoms with Crippen molar-refractivity contribution in [3.8, 4) is 0 Å². The van der Waals surface area contributed by atoms with Crippen molar-refractivity contribution < 1.29 is 194 Å². The van der Waals surface area contributed by atoms with Crippen LogP contribution in [-0.2, 0) is 39.0 Å². The van der Waals surface area contributed by atoms with E-state index in [4.69, 9.17) is 0 Å². The fourth-order valence-corrected chi connectivity index (χ4v) is 8.26. The van der Waals surface area contributed by atoms with E-state index in [1.54, 1.807) is 36.4 Å². The number of anilines is 10. The average Bonchev–Trinajstić information content (AvgIpc) is 3.35. The summed E-state index contributed by atoms with van der Waals surface area (Å²) in [5, 5.41) is 78.6. The molecule has 6 rings (SSSR count). The molecule has 0 aliphatic heterocycles. The van der Waals surface area contributed by atoms with Gasteiger partial charge in [-0.2, -0.15) is 38.6 Å². The first-order valence-electron chi connectivity index (χ1n) is 20.5. The van der Waals surface area contributed by atoms with Crippen molar-refractivity contribution >= 4 is 115 Å². The Bertz CT molecular complexity index is 3020. The van der Waals surface area contributed by atoms with Crippen molar-refractivity contribution in [2.75, 3.05) is 83.7 Å². The predicted octanol–water partition coefficient (Wildman–Crippen LogP) is -10.9. The minimum absolute atomic E-state index is 0. The van der Waals surface area contributed by atoms with Crippen molar-refractivity contribution in [3.63, 3.8) is 0 Å². The second-order valence-electron chi connectivity index (χ2n) is 14.2. The number of aromatic nitrogens is 6. The molecule has 0 fully saturated rings. The SMILES string of the molecule is O=S(=O)([O-])c1ccc(Nc2nc(Nc3ccc(/C=C/c4ccc(Nc5nc(Nc6ccc(SOO[O-])cc6)nc(N(CCO)CCO)n5)cc4SOO[O-])c(S(=O)(=O)[O-])c3)nc(N(CCO)CCO)n2)cc1.[Na+].[Na+].[Na+].[Na+]. The summed E-state index contributed by atoms with van der Waals surface area (Å²) >= 11 is 1.18. The number of benzene rings is 4. The Kier molecular flexibility index (Phi) is 31.8. The second-order valence-corrected chi connectivity index (χ2v) is 18.4. The third-order valence-corrected chi connectivity index (χ3v) is 12.3. The Labute approximate surface area is 531 Å². The molecule has 0 aliphatic rings. The van der Waals surface area contributed by atoms with E-state index < -0.39 is 30.0 Å². The van der Waals surface area contributed by atoms with Crippen LogP contribution in [0, 0.1) is 0 Å². The molecule has 0 saturated carbocycles. The van der Waals surface area contributed by atoms with Gasteiger partial charge in [-0.05, 0) is 83.9 Å². The molecule has 384 valence electrons. The summed E-state index contributed by atoms with van der Waals surface area (Å²) in [5.74, 6) is -0.309. The molecule has 2 heterocycles. The molecule has 76 heavy (non-hydrogen) atoms. The van der Waals surface area contributed by atoms with Gasteiger partial charge in [0.05, 0.1) is 60.3 Å². The molecule has 8 N–H and O–H groups in total. The summed E-state index contributed by atoms with van der Waals surface area (Å²) in [6.45, 7) is -1.26. The average molecular weight is 1170 g/mol. The minimum atomic E-state index is -5.18. The molecule has 28 nitrogen and oxygen atoms in total. The first-order chi connectivity index (χ1) is 34.6. The zero-order valence-corrected chi connectivity index (χ0v) is 52.1. The molecule has 4 aromatic carbocycles. The summed E-state index contributed by atoms with van der Waals surface area (Å²) < 4.78 is 81.4. The van der Waals surface area contributed by atoms with Gasteiger partial charge in [0.1, 0.15) is 20.2 Å².